The van der Waals surface area contributed by atoms with Crippen LogP contribution in [0.3, 0.4) is 0 Å². The maximum absolute atomic E-state index is 10.6. The topological polar surface area (TPSA) is 49.8 Å². The Labute approximate surface area is 127 Å². The van der Waals surface area contributed by atoms with Gasteiger partial charge in [-0.25, -0.2) is 0 Å². The maximum atomic E-state index is 10.6. The minimum Gasteiger partial charge on any atom is -0.494 e. The molecule has 1 aromatic rings. The van der Waals surface area contributed by atoms with E-state index in [9.17, 15) is 4.79 Å². The fraction of sp³-hybridized carbons (Fsp3) is 0.588. The second-order valence-corrected chi connectivity index (χ2v) is 5.65. The molecule has 0 bridgehead atoms. The van der Waals surface area contributed by atoms with Gasteiger partial charge in [-0.05, 0) is 57.9 Å². The number of carboxylic acids is 1. The molecule has 0 fully saturated rings. The van der Waals surface area contributed by atoms with E-state index < -0.39 is 5.97 Å². The van der Waals surface area contributed by atoms with Gasteiger partial charge >= 0.3 is 5.97 Å². The van der Waals surface area contributed by atoms with Crippen LogP contribution in [0.15, 0.2) is 24.3 Å². The van der Waals surface area contributed by atoms with Crippen molar-refractivity contribution in [1.29, 1.82) is 0 Å². The minimum absolute atomic E-state index is 0.239. The molecule has 0 aliphatic rings. The van der Waals surface area contributed by atoms with E-state index in [-0.39, 0.29) is 6.42 Å². The van der Waals surface area contributed by atoms with Crippen LogP contribution < -0.4 is 4.74 Å². The average Bonchev–Trinajstić information content (AvgIpc) is 2.41. The first-order valence-corrected chi connectivity index (χ1v) is 7.64. The molecule has 0 saturated heterocycles. The molecule has 1 rings (SSSR count). The van der Waals surface area contributed by atoms with Crippen LogP contribution in [0.4, 0.5) is 0 Å². The summed E-state index contributed by atoms with van der Waals surface area (Å²) in [4.78, 5) is 12.9. The van der Waals surface area contributed by atoms with Crippen molar-refractivity contribution in [2.75, 3.05) is 19.7 Å². The number of benzene rings is 1. The summed E-state index contributed by atoms with van der Waals surface area (Å²) in [7, 11) is 0. The number of ether oxygens (including phenoxy) is 1. The predicted molar refractivity (Wildman–Crippen MR) is 84.9 cm³/mol. The molecule has 4 nitrogen and oxygen atoms in total. The first-order chi connectivity index (χ1) is 9.99. The van der Waals surface area contributed by atoms with Gasteiger partial charge < -0.3 is 14.7 Å². The molecule has 21 heavy (non-hydrogen) atoms. The van der Waals surface area contributed by atoms with Crippen LogP contribution in [-0.4, -0.2) is 41.7 Å². The van der Waals surface area contributed by atoms with E-state index >= 15 is 0 Å². The van der Waals surface area contributed by atoms with Crippen molar-refractivity contribution in [1.82, 2.24) is 4.90 Å². The van der Waals surface area contributed by atoms with Crippen molar-refractivity contribution in [3.8, 4) is 5.75 Å². The SMILES string of the molecule is Cc1cccc(OCCCN(CCCC(=O)O)C(C)C)c1. The molecular weight excluding hydrogens is 266 g/mol. The highest BCUT2D eigenvalue weighted by Crippen LogP contribution is 2.12. The number of carboxylic acid groups (broad SMARTS) is 1. The zero-order valence-electron chi connectivity index (χ0n) is 13.3. The Morgan fingerprint density at radius 1 is 1.29 bits per heavy atom. The summed E-state index contributed by atoms with van der Waals surface area (Å²) in [5.74, 6) is 0.193. The Morgan fingerprint density at radius 3 is 2.62 bits per heavy atom. The summed E-state index contributed by atoms with van der Waals surface area (Å²) in [5.41, 5.74) is 1.20. The molecule has 1 aromatic carbocycles. The van der Waals surface area contributed by atoms with E-state index in [0.717, 1.165) is 25.3 Å². The zero-order chi connectivity index (χ0) is 15.7. The Morgan fingerprint density at radius 2 is 2.00 bits per heavy atom. The van der Waals surface area contributed by atoms with E-state index in [1.165, 1.54) is 5.56 Å². The third-order valence-electron chi connectivity index (χ3n) is 3.41. The molecule has 0 aliphatic heterocycles. The second kappa shape index (κ2) is 9.40. The van der Waals surface area contributed by atoms with Gasteiger partial charge in [0.2, 0.25) is 0 Å². The van der Waals surface area contributed by atoms with Crippen LogP contribution >= 0.6 is 0 Å². The Bertz CT molecular complexity index is 432. The minimum atomic E-state index is -0.721. The predicted octanol–water partition coefficient (Wildman–Crippen LogP) is 3.34. The van der Waals surface area contributed by atoms with Gasteiger partial charge in [0.05, 0.1) is 6.61 Å². The second-order valence-electron chi connectivity index (χ2n) is 5.65. The summed E-state index contributed by atoms with van der Waals surface area (Å²) >= 11 is 0. The van der Waals surface area contributed by atoms with Gasteiger partial charge in [-0.15, -0.1) is 0 Å². The van der Waals surface area contributed by atoms with E-state index in [1.807, 2.05) is 18.2 Å². The van der Waals surface area contributed by atoms with Gasteiger partial charge in [0, 0.05) is 19.0 Å². The third-order valence-corrected chi connectivity index (χ3v) is 3.41. The van der Waals surface area contributed by atoms with Crippen molar-refractivity contribution in [2.24, 2.45) is 0 Å². The standard InChI is InChI=1S/C17H27NO3/c1-14(2)18(10-5-9-17(19)20)11-6-12-21-16-8-4-7-15(3)13-16/h4,7-8,13-14H,5-6,9-12H2,1-3H3,(H,19,20). The van der Waals surface area contributed by atoms with Crippen LogP contribution in [-0.2, 0) is 4.79 Å². The van der Waals surface area contributed by atoms with Crippen LogP contribution in [0.2, 0.25) is 0 Å². The molecule has 0 spiro atoms. The molecule has 0 radical (unpaired) electrons. The molecule has 4 heteroatoms. The van der Waals surface area contributed by atoms with Crippen molar-refractivity contribution >= 4 is 5.97 Å². The molecule has 1 N–H and O–H groups in total. The Kier molecular flexibility index (Phi) is 7.83. The zero-order valence-corrected chi connectivity index (χ0v) is 13.3. The molecule has 0 aromatic heterocycles. The summed E-state index contributed by atoms with van der Waals surface area (Å²) in [6, 6.07) is 8.48. The summed E-state index contributed by atoms with van der Waals surface area (Å²) in [6.07, 6.45) is 1.88. The van der Waals surface area contributed by atoms with Crippen LogP contribution in [0.25, 0.3) is 0 Å². The van der Waals surface area contributed by atoms with Crippen molar-refractivity contribution in [2.45, 2.75) is 46.1 Å². The van der Waals surface area contributed by atoms with Crippen molar-refractivity contribution in [3.63, 3.8) is 0 Å². The molecule has 0 amide bonds. The quantitative estimate of drug-likeness (QED) is 0.672. The Hall–Kier alpha value is -1.55. The summed E-state index contributed by atoms with van der Waals surface area (Å²) in [6.45, 7) is 8.78. The van der Waals surface area contributed by atoms with Crippen molar-refractivity contribution < 1.29 is 14.6 Å². The lowest BCUT2D eigenvalue weighted by Gasteiger charge is -2.26. The first-order valence-electron chi connectivity index (χ1n) is 7.64. The van der Waals surface area contributed by atoms with Crippen molar-refractivity contribution in [3.05, 3.63) is 29.8 Å². The number of carbonyl (C=O) groups is 1. The molecule has 0 aliphatic carbocycles. The van der Waals surface area contributed by atoms with Gasteiger partial charge in [-0.2, -0.15) is 0 Å². The number of hydrogen-bond acceptors (Lipinski definition) is 3. The lowest BCUT2D eigenvalue weighted by molar-refractivity contribution is -0.137. The van der Waals surface area contributed by atoms with Gasteiger partial charge in [-0.3, -0.25) is 4.79 Å². The maximum Gasteiger partial charge on any atom is 0.303 e. The lowest BCUT2D eigenvalue weighted by Crippen LogP contribution is -2.33. The van der Waals surface area contributed by atoms with E-state index in [4.69, 9.17) is 9.84 Å². The molecule has 0 unspecified atom stereocenters. The molecule has 0 heterocycles. The molecule has 0 atom stereocenters. The first kappa shape index (κ1) is 17.5. The fourth-order valence-corrected chi connectivity index (χ4v) is 2.22. The fourth-order valence-electron chi connectivity index (χ4n) is 2.22. The highest BCUT2D eigenvalue weighted by atomic mass is 16.5. The third kappa shape index (κ3) is 7.71. The number of hydrogen-bond donors (Lipinski definition) is 1. The lowest BCUT2D eigenvalue weighted by atomic mass is 10.2. The number of rotatable bonds is 10. The number of aliphatic carboxylic acids is 1. The molecular formula is C17H27NO3. The van der Waals surface area contributed by atoms with Crippen LogP contribution in [0, 0.1) is 6.92 Å². The normalized spacial score (nSPS) is 11.1. The van der Waals surface area contributed by atoms with E-state index in [0.29, 0.717) is 19.1 Å². The van der Waals surface area contributed by atoms with Gasteiger partial charge in [0.1, 0.15) is 5.75 Å². The monoisotopic (exact) mass is 293 g/mol. The summed E-state index contributed by atoms with van der Waals surface area (Å²) < 4.78 is 5.74. The van der Waals surface area contributed by atoms with Crippen LogP contribution in [0.1, 0.15) is 38.7 Å². The summed E-state index contributed by atoms with van der Waals surface area (Å²) in [5, 5.41) is 8.69. The Balaban J connectivity index is 2.25. The molecule has 118 valence electrons. The smallest absolute Gasteiger partial charge is 0.303 e. The van der Waals surface area contributed by atoms with E-state index in [1.54, 1.807) is 0 Å². The molecule has 0 saturated carbocycles. The average molecular weight is 293 g/mol. The highest BCUT2D eigenvalue weighted by molar-refractivity contribution is 5.66. The van der Waals surface area contributed by atoms with Gasteiger partial charge in [-0.1, -0.05) is 12.1 Å². The number of nitrogens with zero attached hydrogens (tertiary/aromatic N) is 1. The number of aryl methyl sites for hydroxylation is 1. The van der Waals surface area contributed by atoms with Gasteiger partial charge in [0.15, 0.2) is 0 Å². The van der Waals surface area contributed by atoms with E-state index in [2.05, 4.69) is 31.7 Å². The van der Waals surface area contributed by atoms with Gasteiger partial charge in [0.25, 0.3) is 0 Å². The van der Waals surface area contributed by atoms with Crippen LogP contribution in [0.5, 0.6) is 5.75 Å². The highest BCUT2D eigenvalue weighted by Gasteiger charge is 2.09. The largest absolute Gasteiger partial charge is 0.494 e.